The van der Waals surface area contributed by atoms with E-state index in [1.54, 1.807) is 24.3 Å². The summed E-state index contributed by atoms with van der Waals surface area (Å²) in [4.78, 5) is 25.2. The highest BCUT2D eigenvalue weighted by atomic mass is 32.2. The van der Waals surface area contributed by atoms with Gasteiger partial charge in [0.15, 0.2) is 12.4 Å². The summed E-state index contributed by atoms with van der Waals surface area (Å²) in [5.74, 6) is 0.578. The molecule has 0 aromatic heterocycles. The van der Waals surface area contributed by atoms with Crippen molar-refractivity contribution in [2.75, 3.05) is 25.5 Å². The van der Waals surface area contributed by atoms with Gasteiger partial charge in [0.1, 0.15) is 11.6 Å². The standard InChI is InChI=1S/C21H23N3O5S/c1-15(25)16-5-9-18(10-6-16)29-14-21(26)22-17-7-11-19(12-8-17)30(27,28)23-20-4-3-13-24(20)2/h5-12H,3-4,13-14H2,1-2H3,(H,22,26)/b23-20+. The lowest BCUT2D eigenvalue weighted by Crippen LogP contribution is -2.20. The van der Waals surface area contributed by atoms with Crippen molar-refractivity contribution in [3.8, 4) is 5.75 Å². The number of hydrogen-bond acceptors (Lipinski definition) is 5. The lowest BCUT2D eigenvalue weighted by Gasteiger charge is -2.11. The Balaban J connectivity index is 1.57. The largest absolute Gasteiger partial charge is 0.484 e. The van der Waals surface area contributed by atoms with Crippen molar-refractivity contribution in [1.29, 1.82) is 0 Å². The number of sulfonamides is 1. The zero-order valence-corrected chi connectivity index (χ0v) is 17.6. The van der Waals surface area contributed by atoms with Crippen LogP contribution in [0.2, 0.25) is 0 Å². The Hall–Kier alpha value is -3.20. The van der Waals surface area contributed by atoms with Gasteiger partial charge in [-0.15, -0.1) is 4.40 Å². The minimum absolute atomic E-state index is 0.0496. The molecule has 30 heavy (non-hydrogen) atoms. The zero-order valence-electron chi connectivity index (χ0n) is 16.8. The van der Waals surface area contributed by atoms with Crippen LogP contribution in [0.5, 0.6) is 5.75 Å². The Morgan fingerprint density at radius 2 is 1.77 bits per heavy atom. The number of anilines is 1. The predicted octanol–water partition coefficient (Wildman–Crippen LogP) is 2.72. The van der Waals surface area contributed by atoms with Gasteiger partial charge >= 0.3 is 0 Å². The van der Waals surface area contributed by atoms with Crippen molar-refractivity contribution >= 4 is 33.2 Å². The van der Waals surface area contributed by atoms with E-state index in [0.29, 0.717) is 29.3 Å². The Bertz CT molecular complexity index is 1060. The first-order valence-corrected chi connectivity index (χ1v) is 10.9. The van der Waals surface area contributed by atoms with Crippen LogP contribution in [-0.2, 0) is 14.8 Å². The minimum Gasteiger partial charge on any atom is -0.484 e. The minimum atomic E-state index is -3.79. The number of ether oxygens (including phenoxy) is 1. The van der Waals surface area contributed by atoms with Gasteiger partial charge in [-0.3, -0.25) is 9.59 Å². The number of nitrogens with one attached hydrogen (secondary N) is 1. The highest BCUT2D eigenvalue weighted by Gasteiger charge is 2.20. The lowest BCUT2D eigenvalue weighted by molar-refractivity contribution is -0.118. The summed E-state index contributed by atoms with van der Waals surface area (Å²) in [6.45, 7) is 2.04. The van der Waals surface area contributed by atoms with Gasteiger partial charge in [-0.2, -0.15) is 8.42 Å². The first kappa shape index (κ1) is 21.5. The summed E-state index contributed by atoms with van der Waals surface area (Å²) in [5, 5.41) is 2.64. The van der Waals surface area contributed by atoms with Gasteiger partial charge in [0, 0.05) is 31.3 Å². The molecule has 8 nitrogen and oxygen atoms in total. The average molecular weight is 429 g/mol. The monoisotopic (exact) mass is 429 g/mol. The molecule has 1 aliphatic rings. The number of ketones is 1. The number of carbonyl (C=O) groups excluding carboxylic acids is 2. The van der Waals surface area contributed by atoms with Crippen LogP contribution in [0.4, 0.5) is 5.69 Å². The van der Waals surface area contributed by atoms with Gasteiger partial charge in [-0.05, 0) is 61.9 Å². The predicted molar refractivity (Wildman–Crippen MR) is 113 cm³/mol. The highest BCUT2D eigenvalue weighted by molar-refractivity contribution is 7.90. The smallest absolute Gasteiger partial charge is 0.283 e. The fourth-order valence-corrected chi connectivity index (χ4v) is 4.04. The van der Waals surface area contributed by atoms with E-state index in [1.807, 2.05) is 11.9 Å². The third-order valence-electron chi connectivity index (χ3n) is 4.63. The van der Waals surface area contributed by atoms with Crippen LogP contribution >= 0.6 is 0 Å². The molecule has 158 valence electrons. The molecular weight excluding hydrogens is 406 g/mol. The molecule has 0 aliphatic carbocycles. The summed E-state index contributed by atoms with van der Waals surface area (Å²) in [6.07, 6.45) is 1.53. The number of amidine groups is 1. The van der Waals surface area contributed by atoms with E-state index in [0.717, 1.165) is 13.0 Å². The summed E-state index contributed by atoms with van der Waals surface area (Å²) >= 11 is 0. The number of nitrogens with zero attached hydrogens (tertiary/aromatic N) is 2. The molecule has 1 N–H and O–H groups in total. The normalized spacial score (nSPS) is 15.3. The molecule has 0 bridgehead atoms. The van der Waals surface area contributed by atoms with Gasteiger partial charge < -0.3 is 15.0 Å². The molecule has 3 rings (SSSR count). The van der Waals surface area contributed by atoms with Crippen LogP contribution in [0.3, 0.4) is 0 Å². The second-order valence-electron chi connectivity index (χ2n) is 6.95. The van der Waals surface area contributed by atoms with Crippen molar-refractivity contribution in [1.82, 2.24) is 4.90 Å². The van der Waals surface area contributed by atoms with Gasteiger partial charge in [0.25, 0.3) is 15.9 Å². The van der Waals surface area contributed by atoms with E-state index in [-0.39, 0.29) is 17.3 Å². The van der Waals surface area contributed by atoms with E-state index < -0.39 is 15.9 Å². The number of rotatable bonds is 7. The number of amides is 1. The summed E-state index contributed by atoms with van der Waals surface area (Å²) in [7, 11) is -1.97. The van der Waals surface area contributed by atoms with E-state index in [9.17, 15) is 18.0 Å². The van der Waals surface area contributed by atoms with E-state index in [4.69, 9.17) is 4.74 Å². The van der Waals surface area contributed by atoms with E-state index in [2.05, 4.69) is 9.71 Å². The molecule has 1 fully saturated rings. The maximum Gasteiger partial charge on any atom is 0.283 e. The molecule has 0 radical (unpaired) electrons. The highest BCUT2D eigenvalue weighted by Crippen LogP contribution is 2.19. The van der Waals surface area contributed by atoms with E-state index >= 15 is 0 Å². The first-order chi connectivity index (χ1) is 14.2. The van der Waals surface area contributed by atoms with Gasteiger partial charge in [-0.1, -0.05) is 0 Å². The number of Topliss-reactive ketones (excluding diaryl/α,β-unsaturated/α-hetero) is 1. The Morgan fingerprint density at radius 1 is 1.10 bits per heavy atom. The molecule has 1 aliphatic heterocycles. The van der Waals surface area contributed by atoms with Crippen molar-refractivity contribution in [3.05, 3.63) is 54.1 Å². The molecule has 0 atom stereocenters. The van der Waals surface area contributed by atoms with Crippen molar-refractivity contribution in [2.45, 2.75) is 24.7 Å². The van der Waals surface area contributed by atoms with Gasteiger partial charge in [0.05, 0.1) is 4.90 Å². The summed E-state index contributed by atoms with van der Waals surface area (Å²) in [5.41, 5.74) is 1.01. The Morgan fingerprint density at radius 3 is 2.33 bits per heavy atom. The number of likely N-dealkylation sites (tertiary alicyclic amines) is 1. The number of benzene rings is 2. The molecule has 0 unspecified atom stereocenters. The number of carbonyl (C=O) groups is 2. The summed E-state index contributed by atoms with van der Waals surface area (Å²) in [6, 6.07) is 12.3. The van der Waals surface area contributed by atoms with Crippen LogP contribution in [0, 0.1) is 0 Å². The maximum atomic E-state index is 12.5. The fraction of sp³-hybridized carbons (Fsp3) is 0.286. The maximum absolute atomic E-state index is 12.5. The second-order valence-corrected chi connectivity index (χ2v) is 8.55. The molecule has 1 amide bonds. The Labute approximate surface area is 175 Å². The van der Waals surface area contributed by atoms with Crippen LogP contribution in [0.1, 0.15) is 30.1 Å². The van der Waals surface area contributed by atoms with Crippen molar-refractivity contribution in [3.63, 3.8) is 0 Å². The van der Waals surface area contributed by atoms with Crippen LogP contribution in [0.15, 0.2) is 57.8 Å². The third kappa shape index (κ3) is 5.44. The van der Waals surface area contributed by atoms with Gasteiger partial charge in [0.2, 0.25) is 0 Å². The van der Waals surface area contributed by atoms with Crippen LogP contribution < -0.4 is 10.1 Å². The van der Waals surface area contributed by atoms with E-state index in [1.165, 1.54) is 31.2 Å². The molecular formula is C21H23N3O5S. The molecule has 1 saturated heterocycles. The quantitative estimate of drug-likeness (QED) is 0.679. The molecule has 2 aromatic carbocycles. The molecule has 9 heteroatoms. The summed E-state index contributed by atoms with van der Waals surface area (Å²) < 4.78 is 34.2. The fourth-order valence-electron chi connectivity index (χ4n) is 2.94. The zero-order chi connectivity index (χ0) is 21.7. The first-order valence-electron chi connectivity index (χ1n) is 9.43. The number of hydrogen-bond donors (Lipinski definition) is 1. The molecule has 1 heterocycles. The Kier molecular flexibility index (Phi) is 6.51. The van der Waals surface area contributed by atoms with Crippen molar-refractivity contribution in [2.24, 2.45) is 4.40 Å². The molecule has 0 spiro atoms. The van der Waals surface area contributed by atoms with Crippen LogP contribution in [0.25, 0.3) is 0 Å². The third-order valence-corrected chi connectivity index (χ3v) is 5.95. The average Bonchev–Trinajstić information content (AvgIpc) is 3.11. The SMILES string of the molecule is CC(=O)c1ccc(OCC(=O)Nc2ccc(S(=O)(=O)/N=C3\CCCN3C)cc2)cc1. The van der Waals surface area contributed by atoms with Gasteiger partial charge in [-0.25, -0.2) is 0 Å². The van der Waals surface area contributed by atoms with Crippen LogP contribution in [-0.4, -0.2) is 51.0 Å². The topological polar surface area (TPSA) is 105 Å². The van der Waals surface area contributed by atoms with Crippen molar-refractivity contribution < 1.29 is 22.7 Å². The lowest BCUT2D eigenvalue weighted by atomic mass is 10.1. The second kappa shape index (κ2) is 9.08. The molecule has 2 aromatic rings. The molecule has 0 saturated carbocycles.